The molecule has 2 nitrogen and oxygen atoms in total. The van der Waals surface area contributed by atoms with E-state index in [-0.39, 0.29) is 6.04 Å². The molecule has 2 aromatic carbocycles. The summed E-state index contributed by atoms with van der Waals surface area (Å²) < 4.78 is 0. The van der Waals surface area contributed by atoms with Crippen LogP contribution in [0.3, 0.4) is 0 Å². The van der Waals surface area contributed by atoms with Crippen molar-refractivity contribution < 1.29 is 0 Å². The smallest absolute Gasteiger partial charge is 0.0463 e. The third-order valence-corrected chi connectivity index (χ3v) is 11.2. The van der Waals surface area contributed by atoms with Crippen molar-refractivity contribution in [2.45, 2.75) is 99.0 Å². The molecule has 0 spiro atoms. The van der Waals surface area contributed by atoms with Gasteiger partial charge in [-0.25, -0.2) is 0 Å². The summed E-state index contributed by atoms with van der Waals surface area (Å²) in [5.41, 5.74) is 13.0. The summed E-state index contributed by atoms with van der Waals surface area (Å²) in [6.07, 6.45) is 58.0. The highest BCUT2D eigenvalue weighted by atomic mass is 14.9. The molecular weight excluding hydrogens is 761 g/mol. The Bertz CT molecular complexity index is 2210. The summed E-state index contributed by atoms with van der Waals surface area (Å²) in [6.45, 7) is 21.7. The van der Waals surface area contributed by atoms with Crippen LogP contribution >= 0.6 is 0 Å². The summed E-state index contributed by atoms with van der Waals surface area (Å²) in [5.74, 6) is 1.13. The van der Waals surface area contributed by atoms with Crippen molar-refractivity contribution in [3.63, 3.8) is 0 Å². The van der Waals surface area contributed by atoms with Crippen LogP contribution in [0.25, 0.3) is 22.8 Å². The number of nitrogens with one attached hydrogen (secondary N) is 2. The summed E-state index contributed by atoms with van der Waals surface area (Å²) in [4.78, 5) is 0. The molecular formula is C61H74N2. The molecule has 0 fully saturated rings. The van der Waals surface area contributed by atoms with Crippen LogP contribution in [0.5, 0.6) is 0 Å². The molecule has 0 bridgehead atoms. The Balaban J connectivity index is 1.66. The highest BCUT2D eigenvalue weighted by Crippen LogP contribution is 2.34. The lowest BCUT2D eigenvalue weighted by Gasteiger charge is -2.21. The Morgan fingerprint density at radius 3 is 2.37 bits per heavy atom. The molecule has 0 aliphatic heterocycles. The van der Waals surface area contributed by atoms with Crippen LogP contribution in [0.4, 0.5) is 0 Å². The highest BCUT2D eigenvalue weighted by Gasteiger charge is 2.19. The predicted octanol–water partition coefficient (Wildman–Crippen LogP) is 16.9. The van der Waals surface area contributed by atoms with Crippen LogP contribution in [0.15, 0.2) is 229 Å². The summed E-state index contributed by atoms with van der Waals surface area (Å²) in [7, 11) is 0. The average molecular weight is 835 g/mol. The van der Waals surface area contributed by atoms with Gasteiger partial charge in [0.15, 0.2) is 0 Å². The molecule has 2 aromatic rings. The van der Waals surface area contributed by atoms with Gasteiger partial charge in [0.1, 0.15) is 0 Å². The highest BCUT2D eigenvalue weighted by molar-refractivity contribution is 5.72. The van der Waals surface area contributed by atoms with Gasteiger partial charge in [-0.05, 0) is 153 Å². The van der Waals surface area contributed by atoms with E-state index in [1.807, 2.05) is 19.1 Å². The van der Waals surface area contributed by atoms with Gasteiger partial charge < -0.3 is 10.6 Å². The van der Waals surface area contributed by atoms with E-state index in [0.717, 1.165) is 85.0 Å². The van der Waals surface area contributed by atoms with Crippen molar-refractivity contribution in [1.29, 1.82) is 0 Å². The maximum Gasteiger partial charge on any atom is 0.0463 e. The molecule has 3 unspecified atom stereocenters. The van der Waals surface area contributed by atoms with E-state index in [1.54, 1.807) is 0 Å². The molecule has 0 aromatic heterocycles. The SMILES string of the molecule is C=C/C=C\CC(C)C/C(=C\C)c1ccc(-c2ccc(\C=C/C=C(\C=C\NC(C)/C=C\C=C/CC)C3=CCC=CC(NC4=CCCC(C)C=C4)=C3C(=C)CC/C=C\C=C/C)cc2)cc1. The number of rotatable bonds is 23. The van der Waals surface area contributed by atoms with E-state index in [1.165, 1.54) is 27.8 Å². The lowest BCUT2D eigenvalue weighted by atomic mass is 9.88. The lowest BCUT2D eigenvalue weighted by Crippen LogP contribution is -2.17. The molecule has 2 heteroatoms. The molecule has 0 heterocycles. The van der Waals surface area contributed by atoms with Gasteiger partial charge in [-0.1, -0.05) is 198 Å². The number of benzene rings is 2. The van der Waals surface area contributed by atoms with Crippen molar-refractivity contribution in [3.8, 4) is 11.1 Å². The molecule has 2 aliphatic rings. The van der Waals surface area contributed by atoms with Crippen LogP contribution in [0, 0.1) is 11.8 Å². The standard InChI is InChI=1S/C61H74N2/c1-9-13-16-18-20-28-50(7)61-59(33-22-23-34-60(61)63-58-32-24-27-48(5)35-44-58)57(45-46-62-51(8)29-21-17-14-10-2)31-25-30-52-36-38-55(39-37-52)56-42-40-54(41-43-56)53(12-4)47-49(6)26-19-15-11-3/h9,11-19,21,23,25,29-46,48-49,51,62-63H,3,7,10,20,22,24,26-28,47H2,1-2,4-6,8H3/b13-9-,17-14-,18-16-,19-15-,29-21-,30-25-,46-45+,53-12+,57-31+. The largest absolute Gasteiger partial charge is 0.385 e. The molecule has 0 radical (unpaired) electrons. The Kier molecular flexibility index (Phi) is 22.4. The zero-order chi connectivity index (χ0) is 45.1. The first kappa shape index (κ1) is 49.5. The maximum atomic E-state index is 4.73. The molecule has 2 N–H and O–H groups in total. The Hall–Kier alpha value is -6.12. The van der Waals surface area contributed by atoms with E-state index < -0.39 is 0 Å². The zero-order valence-corrected chi connectivity index (χ0v) is 39.2. The maximum absolute atomic E-state index is 4.73. The quantitative estimate of drug-likeness (QED) is 0.109. The van der Waals surface area contributed by atoms with Crippen LogP contribution in [0.2, 0.25) is 0 Å². The second-order valence-corrected chi connectivity index (χ2v) is 16.6. The predicted molar refractivity (Wildman–Crippen MR) is 281 cm³/mol. The van der Waals surface area contributed by atoms with Crippen molar-refractivity contribution in [2.24, 2.45) is 11.8 Å². The van der Waals surface area contributed by atoms with Gasteiger partial charge in [0.2, 0.25) is 0 Å². The fourth-order valence-corrected chi connectivity index (χ4v) is 7.52. The molecule has 2 aliphatic carbocycles. The zero-order valence-electron chi connectivity index (χ0n) is 39.2. The lowest BCUT2D eigenvalue weighted by molar-refractivity contribution is 0.611. The van der Waals surface area contributed by atoms with Crippen molar-refractivity contribution in [3.05, 3.63) is 240 Å². The second-order valence-electron chi connectivity index (χ2n) is 16.6. The minimum Gasteiger partial charge on any atom is -0.385 e. The second kappa shape index (κ2) is 28.5. The van der Waals surface area contributed by atoms with E-state index in [2.05, 4.69) is 228 Å². The van der Waals surface area contributed by atoms with Gasteiger partial charge in [0.25, 0.3) is 0 Å². The Morgan fingerprint density at radius 2 is 1.63 bits per heavy atom. The first-order valence-corrected chi connectivity index (χ1v) is 23.3. The fraction of sp³-hybridized carbons (Fsp3) is 0.279. The normalized spacial score (nSPS) is 17.7. The topological polar surface area (TPSA) is 24.1 Å². The Morgan fingerprint density at radius 1 is 0.873 bits per heavy atom. The van der Waals surface area contributed by atoms with Gasteiger partial charge >= 0.3 is 0 Å². The number of hydrogen-bond donors (Lipinski definition) is 2. The third kappa shape index (κ3) is 17.6. The van der Waals surface area contributed by atoms with Gasteiger partial charge in [0.05, 0.1) is 0 Å². The number of hydrogen-bond acceptors (Lipinski definition) is 2. The number of allylic oxidation sites excluding steroid dienone is 25. The van der Waals surface area contributed by atoms with Gasteiger partial charge in [0, 0.05) is 23.0 Å². The molecule has 4 rings (SSSR count). The molecule has 0 saturated heterocycles. The van der Waals surface area contributed by atoms with E-state index >= 15 is 0 Å². The molecule has 63 heavy (non-hydrogen) atoms. The fourth-order valence-electron chi connectivity index (χ4n) is 7.52. The Labute approximate surface area is 382 Å². The van der Waals surface area contributed by atoms with Crippen LogP contribution in [-0.2, 0) is 0 Å². The first-order valence-electron chi connectivity index (χ1n) is 23.3. The average Bonchev–Trinajstić information content (AvgIpc) is 3.64. The molecule has 328 valence electrons. The summed E-state index contributed by atoms with van der Waals surface area (Å²) in [6, 6.07) is 18.1. The molecule has 0 saturated carbocycles. The molecule has 0 amide bonds. The van der Waals surface area contributed by atoms with E-state index in [0.29, 0.717) is 11.8 Å². The van der Waals surface area contributed by atoms with Crippen LogP contribution in [0.1, 0.15) is 104 Å². The van der Waals surface area contributed by atoms with Crippen LogP contribution < -0.4 is 10.6 Å². The minimum absolute atomic E-state index is 0.172. The van der Waals surface area contributed by atoms with E-state index in [9.17, 15) is 0 Å². The summed E-state index contributed by atoms with van der Waals surface area (Å²) in [5, 5.41) is 7.43. The van der Waals surface area contributed by atoms with Crippen molar-refractivity contribution >= 4 is 11.6 Å². The van der Waals surface area contributed by atoms with E-state index in [4.69, 9.17) is 6.58 Å². The van der Waals surface area contributed by atoms with Crippen molar-refractivity contribution in [1.82, 2.24) is 10.6 Å². The van der Waals surface area contributed by atoms with Crippen molar-refractivity contribution in [2.75, 3.05) is 0 Å². The van der Waals surface area contributed by atoms with Gasteiger partial charge in [-0.15, -0.1) is 0 Å². The van der Waals surface area contributed by atoms with Crippen LogP contribution in [-0.4, -0.2) is 6.04 Å². The monoisotopic (exact) mass is 835 g/mol. The first-order chi connectivity index (χ1) is 30.8. The molecule has 3 atom stereocenters. The van der Waals surface area contributed by atoms with Gasteiger partial charge in [-0.3, -0.25) is 0 Å². The minimum atomic E-state index is 0.172. The summed E-state index contributed by atoms with van der Waals surface area (Å²) >= 11 is 0. The van der Waals surface area contributed by atoms with Gasteiger partial charge in [-0.2, -0.15) is 0 Å². The third-order valence-electron chi connectivity index (χ3n) is 11.2.